The summed E-state index contributed by atoms with van der Waals surface area (Å²) in [5, 5.41) is 12.7. The third-order valence-corrected chi connectivity index (χ3v) is 4.65. The summed E-state index contributed by atoms with van der Waals surface area (Å²) in [5.74, 6) is 0. The Labute approximate surface area is 235 Å². The van der Waals surface area contributed by atoms with E-state index in [4.69, 9.17) is 14.0 Å². The van der Waals surface area contributed by atoms with Crippen molar-refractivity contribution >= 4 is 13.2 Å². The molecule has 0 atom stereocenters. The summed E-state index contributed by atoms with van der Waals surface area (Å²) in [6.07, 6.45) is 16.0. The first-order chi connectivity index (χ1) is 18.2. The van der Waals surface area contributed by atoms with Crippen LogP contribution < -0.4 is 0 Å². The molecule has 190 valence electrons. The van der Waals surface area contributed by atoms with Crippen molar-refractivity contribution in [3.8, 4) is 0 Å². The number of rotatable bonds is 5. The van der Waals surface area contributed by atoms with Crippen molar-refractivity contribution in [1.82, 2.24) is 34.0 Å². The number of ether oxygens (including phenoxy) is 1. The molecule has 0 saturated heterocycles. The van der Waals surface area contributed by atoms with Gasteiger partial charge in [0.05, 0.1) is 6.54 Å². The largest absolute Gasteiger partial charge is 2.00 e. The third kappa shape index (κ3) is 9.86. The average Bonchev–Trinajstić information content (AvgIpc) is 3.77. The first-order valence-corrected chi connectivity index (χ1v) is 10.8. The van der Waals surface area contributed by atoms with Crippen LogP contribution in [-0.2, 0) is 41.7 Å². The average molecular weight is 592 g/mol. The molecule has 4 aromatic rings. The van der Waals surface area contributed by atoms with Crippen LogP contribution in [0.5, 0.6) is 0 Å². The van der Waals surface area contributed by atoms with E-state index in [0.29, 0.717) is 6.61 Å². The monoisotopic (exact) mass is 594 g/mol. The van der Waals surface area contributed by atoms with E-state index in [-0.39, 0.29) is 34.3 Å². The van der Waals surface area contributed by atoms with Crippen molar-refractivity contribution in [1.29, 1.82) is 0 Å². The molecule has 1 aliphatic rings. The fourth-order valence-electron chi connectivity index (χ4n) is 3.12. The van der Waals surface area contributed by atoms with Gasteiger partial charge in [-0.3, -0.25) is 4.90 Å². The Morgan fingerprint density at radius 1 is 0.868 bits per heavy atom. The SMILES string of the molecule is CC1=CN(C(=O)OCc2ccccc2)[CH][CH][CH]1.[C-]#[O+].[C-]#[O+].[Mo+2].c1cnn([B-](n2cccn2)n2cccn2)c1. The zero-order valence-corrected chi connectivity index (χ0v) is 22.4. The Kier molecular flexibility index (Phi) is 15.5. The molecule has 38 heavy (non-hydrogen) atoms. The zero-order chi connectivity index (χ0) is 26.9. The number of hydrogen-bond acceptors (Lipinski definition) is 5. The minimum Gasteiger partial charge on any atom is -0.425 e. The van der Waals surface area contributed by atoms with Gasteiger partial charge in [0.1, 0.15) is 6.61 Å². The first kappa shape index (κ1) is 32.1. The minimum absolute atomic E-state index is 0. The predicted molar refractivity (Wildman–Crippen MR) is 132 cm³/mol. The molecule has 13 heteroatoms. The smallest absolute Gasteiger partial charge is 0.425 e. The van der Waals surface area contributed by atoms with Crippen LogP contribution in [0.2, 0.25) is 0 Å². The van der Waals surface area contributed by atoms with Gasteiger partial charge in [0.2, 0.25) is 0 Å². The molecule has 0 aliphatic carbocycles. The number of aromatic nitrogens is 6. The number of allylic oxidation sites excluding steroid dienone is 1. The summed E-state index contributed by atoms with van der Waals surface area (Å²) >= 11 is 0. The van der Waals surface area contributed by atoms with E-state index in [1.165, 1.54) is 4.90 Å². The van der Waals surface area contributed by atoms with Crippen LogP contribution in [0.25, 0.3) is 0 Å². The van der Waals surface area contributed by atoms with Crippen molar-refractivity contribution in [3.05, 3.63) is 136 Å². The van der Waals surface area contributed by atoms with E-state index in [1.807, 2.05) is 86.9 Å². The molecule has 1 aliphatic heterocycles. The van der Waals surface area contributed by atoms with Gasteiger partial charge in [0.25, 0.3) is 7.12 Å². The predicted octanol–water partition coefficient (Wildman–Crippen LogP) is 3.24. The summed E-state index contributed by atoms with van der Waals surface area (Å²) in [6.45, 7) is 12.9. The van der Waals surface area contributed by atoms with Gasteiger partial charge >= 0.3 is 49.8 Å². The fraction of sp³-hybridized carbons (Fsp3) is 0.0800. The van der Waals surface area contributed by atoms with E-state index < -0.39 is 0 Å². The summed E-state index contributed by atoms with van der Waals surface area (Å²) in [6, 6.07) is 15.2. The number of carbonyl (C=O) groups is 1. The van der Waals surface area contributed by atoms with Crippen LogP contribution >= 0.6 is 0 Å². The van der Waals surface area contributed by atoms with Crippen molar-refractivity contribution in [3.63, 3.8) is 0 Å². The van der Waals surface area contributed by atoms with Gasteiger partial charge in [-0.15, -0.1) is 0 Å². The number of carbonyl (C=O) groups excluding carboxylic acids is 1. The van der Waals surface area contributed by atoms with E-state index >= 15 is 0 Å². The Hall–Kier alpha value is -3.91. The van der Waals surface area contributed by atoms with Gasteiger partial charge < -0.3 is 18.5 Å². The maximum Gasteiger partial charge on any atom is 2.00 e. The molecular formula is C25H23BMoN7O4+. The molecule has 0 N–H and O–H groups in total. The molecule has 1 aromatic carbocycles. The summed E-state index contributed by atoms with van der Waals surface area (Å²) in [4.78, 5) is 13.2. The molecule has 0 unspecified atom stereocenters. The van der Waals surface area contributed by atoms with E-state index in [0.717, 1.165) is 11.1 Å². The molecule has 1 amide bonds. The Balaban J connectivity index is 0.000000329. The van der Waals surface area contributed by atoms with Gasteiger partial charge in [0.15, 0.2) is 0 Å². The summed E-state index contributed by atoms with van der Waals surface area (Å²) < 4.78 is 25.6. The van der Waals surface area contributed by atoms with E-state index in [9.17, 15) is 4.79 Å². The Morgan fingerprint density at radius 2 is 1.37 bits per heavy atom. The van der Waals surface area contributed by atoms with Crippen molar-refractivity contribution in [2.75, 3.05) is 0 Å². The summed E-state index contributed by atoms with van der Waals surface area (Å²) in [7, 11) is -0.194. The molecule has 4 heterocycles. The maximum absolute atomic E-state index is 11.7. The Morgan fingerprint density at radius 3 is 1.79 bits per heavy atom. The van der Waals surface area contributed by atoms with Crippen molar-refractivity contribution in [2.24, 2.45) is 0 Å². The van der Waals surface area contributed by atoms with Crippen LogP contribution in [0, 0.1) is 32.7 Å². The topological polar surface area (TPSA) is 123 Å². The molecule has 0 bridgehead atoms. The first-order valence-electron chi connectivity index (χ1n) is 10.8. The fourth-order valence-corrected chi connectivity index (χ4v) is 3.12. The second kappa shape index (κ2) is 18.4. The third-order valence-electron chi connectivity index (χ3n) is 4.65. The molecule has 4 radical (unpaired) electrons. The van der Waals surface area contributed by atoms with Gasteiger partial charge in [-0.1, -0.05) is 35.9 Å². The standard InChI is InChI=1S/C14H14NO2.C9H9BN6.2CO.Mo/c1-12-6-5-9-15(10-12)14(16)17-11-13-7-3-2-4-8-13;1-4-11-14(7-1)10(15-8-2-5-12-15)16-9-3-6-13-16;2*1-2;/h2-10H,11H2,1H3;1-9H;;;/q;-1;;;+2. The minimum atomic E-state index is -0.363. The van der Waals surface area contributed by atoms with Crippen LogP contribution in [0.3, 0.4) is 0 Å². The number of nitrogens with zero attached hydrogens (tertiary/aromatic N) is 7. The number of hydrogen-bond donors (Lipinski definition) is 0. The van der Waals surface area contributed by atoms with E-state index in [2.05, 4.69) is 28.6 Å². The molecule has 0 fully saturated rings. The quantitative estimate of drug-likeness (QED) is 0.200. The normalized spacial score (nSPS) is 11.6. The van der Waals surface area contributed by atoms with Crippen LogP contribution in [0.4, 0.5) is 4.79 Å². The maximum atomic E-state index is 11.7. The van der Waals surface area contributed by atoms with Crippen LogP contribution in [-0.4, -0.2) is 47.2 Å². The van der Waals surface area contributed by atoms with Crippen molar-refractivity contribution in [2.45, 2.75) is 13.5 Å². The second-order valence-electron chi connectivity index (χ2n) is 7.13. The van der Waals surface area contributed by atoms with Gasteiger partial charge in [-0.25, -0.2) is 20.1 Å². The molecule has 3 aromatic heterocycles. The van der Waals surface area contributed by atoms with Gasteiger partial charge in [-0.05, 0) is 62.1 Å². The molecular weight excluding hydrogens is 569 g/mol. The molecule has 0 spiro atoms. The number of benzene rings is 1. The molecule has 11 nitrogen and oxygen atoms in total. The van der Waals surface area contributed by atoms with Gasteiger partial charge in [-0.2, -0.15) is 0 Å². The molecule has 5 rings (SSSR count). The van der Waals surface area contributed by atoms with Crippen LogP contribution in [0.15, 0.2) is 97.5 Å². The second-order valence-corrected chi connectivity index (χ2v) is 7.13. The summed E-state index contributed by atoms with van der Waals surface area (Å²) in [5.41, 5.74) is 2.00. The zero-order valence-electron chi connectivity index (χ0n) is 20.3. The Bertz CT molecular complexity index is 1140. The van der Waals surface area contributed by atoms with E-state index in [1.54, 1.807) is 45.1 Å². The van der Waals surface area contributed by atoms with Gasteiger partial charge in [0, 0.05) is 24.8 Å². The van der Waals surface area contributed by atoms with Crippen LogP contribution in [0.1, 0.15) is 12.5 Å². The number of amides is 1. The van der Waals surface area contributed by atoms with Crippen molar-refractivity contribution < 1.29 is 39.9 Å². The molecule has 0 saturated carbocycles.